The highest BCUT2D eigenvalue weighted by atomic mass is 35.5. The van der Waals surface area contributed by atoms with E-state index in [0.29, 0.717) is 46.3 Å². The van der Waals surface area contributed by atoms with Crippen LogP contribution in [0.3, 0.4) is 0 Å². The van der Waals surface area contributed by atoms with Gasteiger partial charge in [-0.1, -0.05) is 35.5 Å². The lowest BCUT2D eigenvalue weighted by atomic mass is 10.2. The van der Waals surface area contributed by atoms with Gasteiger partial charge >= 0.3 is 0 Å². The summed E-state index contributed by atoms with van der Waals surface area (Å²) in [6.07, 6.45) is 1.50. The summed E-state index contributed by atoms with van der Waals surface area (Å²) in [6.45, 7) is 0.994. The first-order chi connectivity index (χ1) is 12.2. The van der Waals surface area contributed by atoms with Gasteiger partial charge in [-0.15, -0.1) is 10.2 Å². The number of fused-ring (bicyclic) bond motifs is 1. The fraction of sp³-hybridized carbons (Fsp3) is 0.176. The Bertz CT molecular complexity index is 919. The van der Waals surface area contributed by atoms with Gasteiger partial charge in [0, 0.05) is 5.75 Å². The fourth-order valence-corrected chi connectivity index (χ4v) is 3.67. The van der Waals surface area contributed by atoms with Crippen LogP contribution in [0.5, 0.6) is 11.5 Å². The minimum Gasteiger partial charge on any atom is -0.486 e. The molecule has 0 saturated carbocycles. The van der Waals surface area contributed by atoms with Crippen molar-refractivity contribution >= 4 is 23.4 Å². The lowest BCUT2D eigenvalue weighted by Gasteiger charge is -2.20. The van der Waals surface area contributed by atoms with E-state index in [1.165, 1.54) is 24.2 Å². The Morgan fingerprint density at radius 2 is 2.04 bits per heavy atom. The summed E-state index contributed by atoms with van der Waals surface area (Å²) in [7, 11) is 0. The van der Waals surface area contributed by atoms with Crippen LogP contribution in [0.15, 0.2) is 47.9 Å². The van der Waals surface area contributed by atoms with Gasteiger partial charge in [-0.05, 0) is 29.8 Å². The Morgan fingerprint density at radius 3 is 2.92 bits per heavy atom. The second kappa shape index (κ2) is 6.93. The lowest BCUT2D eigenvalue weighted by Crippen LogP contribution is -2.15. The Balaban J connectivity index is 1.56. The van der Waals surface area contributed by atoms with Crippen LogP contribution >= 0.6 is 23.4 Å². The molecule has 1 aliphatic heterocycles. The summed E-state index contributed by atoms with van der Waals surface area (Å²) in [5.41, 5.74) is 1.37. The summed E-state index contributed by atoms with van der Waals surface area (Å²) in [5.74, 6) is 1.48. The molecule has 1 aromatic heterocycles. The first-order valence-electron chi connectivity index (χ1n) is 7.58. The van der Waals surface area contributed by atoms with Crippen molar-refractivity contribution in [1.29, 1.82) is 0 Å². The van der Waals surface area contributed by atoms with E-state index in [-0.39, 0.29) is 5.82 Å². The molecule has 25 heavy (non-hydrogen) atoms. The predicted molar refractivity (Wildman–Crippen MR) is 93.3 cm³/mol. The van der Waals surface area contributed by atoms with Gasteiger partial charge in [-0.3, -0.25) is 4.57 Å². The largest absolute Gasteiger partial charge is 0.486 e. The number of hydrogen-bond acceptors (Lipinski definition) is 5. The number of hydrogen-bond donors (Lipinski definition) is 0. The number of benzene rings is 2. The van der Waals surface area contributed by atoms with Gasteiger partial charge in [-0.25, -0.2) is 4.39 Å². The number of nitrogens with zero attached hydrogens (tertiary/aromatic N) is 3. The quantitative estimate of drug-likeness (QED) is 0.640. The van der Waals surface area contributed by atoms with E-state index in [9.17, 15) is 4.39 Å². The van der Waals surface area contributed by atoms with Crippen molar-refractivity contribution in [2.45, 2.75) is 10.9 Å². The Hall–Kier alpha value is -2.25. The molecule has 8 heteroatoms. The Kier molecular flexibility index (Phi) is 4.50. The van der Waals surface area contributed by atoms with Crippen molar-refractivity contribution in [2.75, 3.05) is 13.2 Å². The Labute approximate surface area is 152 Å². The van der Waals surface area contributed by atoms with Crippen LogP contribution in [0.1, 0.15) is 5.56 Å². The summed E-state index contributed by atoms with van der Waals surface area (Å²) in [6, 6.07) is 10.2. The van der Waals surface area contributed by atoms with E-state index < -0.39 is 0 Å². The van der Waals surface area contributed by atoms with Crippen molar-refractivity contribution in [3.8, 4) is 17.2 Å². The predicted octanol–water partition coefficient (Wildman–Crippen LogP) is 4.12. The third kappa shape index (κ3) is 3.29. The van der Waals surface area contributed by atoms with Gasteiger partial charge < -0.3 is 9.47 Å². The molecule has 4 rings (SSSR count). The van der Waals surface area contributed by atoms with Gasteiger partial charge in [0.05, 0.1) is 10.7 Å². The number of halogens is 2. The maximum absolute atomic E-state index is 14.0. The fourth-order valence-electron chi connectivity index (χ4n) is 2.53. The summed E-state index contributed by atoms with van der Waals surface area (Å²) >= 11 is 7.70. The topological polar surface area (TPSA) is 49.2 Å². The number of para-hydroxylation sites is 1. The maximum atomic E-state index is 14.0. The smallest absolute Gasteiger partial charge is 0.196 e. The van der Waals surface area contributed by atoms with E-state index >= 15 is 0 Å². The van der Waals surface area contributed by atoms with E-state index in [4.69, 9.17) is 21.1 Å². The molecule has 0 amide bonds. The van der Waals surface area contributed by atoms with Crippen molar-refractivity contribution < 1.29 is 13.9 Å². The first-order valence-corrected chi connectivity index (χ1v) is 8.94. The lowest BCUT2D eigenvalue weighted by molar-refractivity contribution is 0.171. The monoisotopic (exact) mass is 377 g/mol. The molecule has 0 saturated heterocycles. The van der Waals surface area contributed by atoms with Crippen LogP contribution in [0.2, 0.25) is 5.02 Å². The van der Waals surface area contributed by atoms with Gasteiger partial charge in [-0.2, -0.15) is 0 Å². The summed E-state index contributed by atoms with van der Waals surface area (Å²) < 4.78 is 26.7. The molecular formula is C17H13ClFN3O2S. The van der Waals surface area contributed by atoms with Crippen LogP contribution in [0.4, 0.5) is 4.39 Å². The van der Waals surface area contributed by atoms with Gasteiger partial charge in [0.1, 0.15) is 25.4 Å². The molecule has 5 nitrogen and oxygen atoms in total. The zero-order valence-corrected chi connectivity index (χ0v) is 14.6. The van der Waals surface area contributed by atoms with Crippen molar-refractivity contribution in [2.24, 2.45) is 0 Å². The summed E-state index contributed by atoms with van der Waals surface area (Å²) in [4.78, 5) is 0. The molecular weight excluding hydrogens is 365 g/mol. The SMILES string of the molecule is Fc1ccccc1-n1cnnc1SCc1cc(Cl)c2c(c1)OCCO2. The number of aromatic nitrogens is 3. The van der Waals surface area contributed by atoms with E-state index in [0.717, 1.165) is 5.56 Å². The van der Waals surface area contributed by atoms with Crippen LogP contribution in [0, 0.1) is 5.82 Å². The molecule has 0 spiro atoms. The average molecular weight is 378 g/mol. The molecule has 128 valence electrons. The number of rotatable bonds is 4. The maximum Gasteiger partial charge on any atom is 0.196 e. The second-order valence-corrected chi connectivity index (χ2v) is 6.68. The van der Waals surface area contributed by atoms with Gasteiger partial charge in [0.25, 0.3) is 0 Å². The number of ether oxygens (including phenoxy) is 2. The minimum absolute atomic E-state index is 0.327. The highest BCUT2D eigenvalue weighted by molar-refractivity contribution is 7.98. The van der Waals surface area contributed by atoms with Crippen LogP contribution < -0.4 is 9.47 Å². The van der Waals surface area contributed by atoms with Crippen LogP contribution in [-0.2, 0) is 5.75 Å². The van der Waals surface area contributed by atoms with Crippen LogP contribution in [-0.4, -0.2) is 28.0 Å². The van der Waals surface area contributed by atoms with Crippen molar-refractivity contribution in [3.63, 3.8) is 0 Å². The van der Waals surface area contributed by atoms with E-state index in [1.807, 2.05) is 12.1 Å². The van der Waals surface area contributed by atoms with Gasteiger partial charge in [0.2, 0.25) is 0 Å². The third-order valence-corrected chi connectivity index (χ3v) is 4.95. The normalized spacial score (nSPS) is 13.0. The molecule has 0 bridgehead atoms. The standard InChI is InChI=1S/C17H13ClFN3O2S/c18-12-7-11(8-15-16(12)24-6-5-23-15)9-25-17-21-20-10-22(17)14-4-2-1-3-13(14)19/h1-4,7-8,10H,5-6,9H2. The first kappa shape index (κ1) is 16.2. The molecule has 3 aromatic rings. The van der Waals surface area contributed by atoms with E-state index in [2.05, 4.69) is 10.2 Å². The second-order valence-electron chi connectivity index (χ2n) is 5.33. The molecule has 0 radical (unpaired) electrons. The molecule has 2 heterocycles. The van der Waals surface area contributed by atoms with Gasteiger partial charge in [0.15, 0.2) is 16.7 Å². The minimum atomic E-state index is -0.327. The molecule has 0 atom stereocenters. The zero-order valence-electron chi connectivity index (χ0n) is 13.0. The highest BCUT2D eigenvalue weighted by Crippen LogP contribution is 2.39. The highest BCUT2D eigenvalue weighted by Gasteiger charge is 2.17. The van der Waals surface area contributed by atoms with Crippen molar-refractivity contribution in [3.05, 3.63) is 59.1 Å². The van der Waals surface area contributed by atoms with E-state index in [1.54, 1.807) is 22.8 Å². The molecule has 0 unspecified atom stereocenters. The Morgan fingerprint density at radius 1 is 1.20 bits per heavy atom. The molecule has 1 aliphatic rings. The molecule has 0 N–H and O–H groups in total. The molecule has 0 aliphatic carbocycles. The van der Waals surface area contributed by atoms with Crippen molar-refractivity contribution in [1.82, 2.24) is 14.8 Å². The molecule has 0 fully saturated rings. The zero-order chi connectivity index (χ0) is 17.2. The molecule has 2 aromatic carbocycles. The summed E-state index contributed by atoms with van der Waals surface area (Å²) in [5, 5.41) is 9.08. The third-order valence-electron chi connectivity index (χ3n) is 3.65. The average Bonchev–Trinajstić information content (AvgIpc) is 3.09. The number of thioether (sulfide) groups is 1. The van der Waals surface area contributed by atoms with Crippen LogP contribution in [0.25, 0.3) is 5.69 Å².